The van der Waals surface area contributed by atoms with E-state index in [9.17, 15) is 13.2 Å². The Morgan fingerprint density at radius 2 is 2.04 bits per heavy atom. The normalized spacial score (nSPS) is 16.4. The summed E-state index contributed by atoms with van der Waals surface area (Å²) in [4.78, 5) is 12.3. The molecule has 1 amide bonds. The second-order valence-corrected chi connectivity index (χ2v) is 9.68. The Morgan fingerprint density at radius 3 is 2.68 bits per heavy atom. The first-order valence-electron chi connectivity index (χ1n) is 8.94. The Kier molecular flexibility index (Phi) is 6.34. The lowest BCUT2D eigenvalue weighted by Crippen LogP contribution is -2.36. The highest BCUT2D eigenvalue weighted by Gasteiger charge is 2.27. The summed E-state index contributed by atoms with van der Waals surface area (Å²) in [5, 5.41) is 8.31. The predicted molar refractivity (Wildman–Crippen MR) is 110 cm³/mol. The molecular weight excluding hydrogens is 423 g/mol. The van der Waals surface area contributed by atoms with Crippen molar-refractivity contribution >= 4 is 39.1 Å². The average Bonchev–Trinajstić information content (AvgIpc) is 3.08. The number of rotatable bonds is 6. The third kappa shape index (κ3) is 4.51. The smallest absolute Gasteiger partial charge is 0.224 e. The van der Waals surface area contributed by atoms with E-state index >= 15 is 0 Å². The number of aromatic nitrogens is 2. The number of sulfonamides is 1. The van der Waals surface area contributed by atoms with Crippen LogP contribution >= 0.6 is 23.2 Å². The van der Waals surface area contributed by atoms with Gasteiger partial charge in [0, 0.05) is 35.9 Å². The number of halogens is 2. The highest BCUT2D eigenvalue weighted by Crippen LogP contribution is 2.27. The first-order valence-corrected chi connectivity index (χ1v) is 11.3. The van der Waals surface area contributed by atoms with Crippen molar-refractivity contribution < 1.29 is 13.2 Å². The Hall–Kier alpha value is -1.61. The maximum atomic E-state index is 12.3. The van der Waals surface area contributed by atoms with Gasteiger partial charge in [-0.2, -0.15) is 5.10 Å². The van der Waals surface area contributed by atoms with Crippen LogP contribution in [-0.4, -0.2) is 53.8 Å². The van der Waals surface area contributed by atoms with Gasteiger partial charge in [-0.15, -0.1) is 0 Å². The molecule has 28 heavy (non-hydrogen) atoms. The van der Waals surface area contributed by atoms with E-state index in [-0.39, 0.29) is 24.6 Å². The molecule has 0 unspecified atom stereocenters. The fraction of sp³-hybridized carbons (Fsp3) is 0.444. The molecule has 0 spiro atoms. The van der Waals surface area contributed by atoms with Crippen LogP contribution in [0.5, 0.6) is 0 Å². The van der Waals surface area contributed by atoms with Crippen LogP contribution in [0.3, 0.4) is 0 Å². The van der Waals surface area contributed by atoms with Crippen molar-refractivity contribution in [2.45, 2.75) is 26.7 Å². The summed E-state index contributed by atoms with van der Waals surface area (Å²) in [6.07, 6.45) is 0.802. The van der Waals surface area contributed by atoms with E-state index in [1.165, 1.54) is 4.31 Å². The summed E-state index contributed by atoms with van der Waals surface area (Å²) in [6.45, 7) is 4.82. The monoisotopic (exact) mass is 444 g/mol. The number of carbonyl (C=O) groups is 1. The molecule has 152 valence electrons. The number of hydrogen-bond acceptors (Lipinski definition) is 4. The predicted octanol–water partition coefficient (Wildman–Crippen LogP) is 2.49. The molecule has 0 bridgehead atoms. The van der Waals surface area contributed by atoms with E-state index in [0.717, 1.165) is 17.0 Å². The molecule has 10 heteroatoms. The lowest BCUT2D eigenvalue weighted by Gasteiger charge is -2.14. The van der Waals surface area contributed by atoms with Crippen molar-refractivity contribution in [1.82, 2.24) is 19.4 Å². The number of nitrogens with zero attached hydrogens (tertiary/aromatic N) is 3. The molecule has 2 heterocycles. The summed E-state index contributed by atoms with van der Waals surface area (Å²) in [6, 6.07) is 5.16. The summed E-state index contributed by atoms with van der Waals surface area (Å²) in [5.41, 5.74) is 3.06. The molecule has 1 aromatic heterocycles. The number of carbonyl (C=O) groups excluding carboxylic acids is 1. The zero-order valence-electron chi connectivity index (χ0n) is 15.7. The second kappa shape index (κ2) is 8.41. The first kappa shape index (κ1) is 21.1. The van der Waals surface area contributed by atoms with Gasteiger partial charge in [0.2, 0.25) is 15.9 Å². The number of benzene rings is 1. The summed E-state index contributed by atoms with van der Waals surface area (Å²) >= 11 is 12.2. The fourth-order valence-corrected chi connectivity index (χ4v) is 5.32. The van der Waals surface area contributed by atoms with Gasteiger partial charge in [0.05, 0.1) is 28.6 Å². The van der Waals surface area contributed by atoms with Crippen molar-refractivity contribution in [2.75, 3.05) is 25.4 Å². The van der Waals surface area contributed by atoms with Crippen LogP contribution in [0.15, 0.2) is 18.2 Å². The van der Waals surface area contributed by atoms with E-state index in [4.69, 9.17) is 23.2 Å². The Labute approximate surface area is 174 Å². The van der Waals surface area contributed by atoms with Gasteiger partial charge < -0.3 is 5.32 Å². The number of hydrogen-bond donors (Lipinski definition) is 1. The molecule has 1 aliphatic heterocycles. The molecule has 0 saturated carbocycles. The van der Waals surface area contributed by atoms with Crippen molar-refractivity contribution in [3.05, 3.63) is 45.2 Å². The minimum atomic E-state index is -3.15. The third-order valence-electron chi connectivity index (χ3n) is 4.80. The molecule has 1 N–H and O–H groups in total. The zero-order chi connectivity index (χ0) is 20.5. The van der Waals surface area contributed by atoms with Crippen LogP contribution in [0.1, 0.15) is 23.4 Å². The van der Waals surface area contributed by atoms with E-state index < -0.39 is 10.0 Å². The molecule has 0 aliphatic carbocycles. The Bertz CT molecular complexity index is 1000. The Balaban J connectivity index is 1.66. The van der Waals surface area contributed by atoms with Gasteiger partial charge in [-0.3, -0.25) is 4.79 Å². The molecular formula is C18H22Cl2N4O3S. The highest BCUT2D eigenvalue weighted by atomic mass is 35.5. The largest absolute Gasteiger partial charge is 0.354 e. The van der Waals surface area contributed by atoms with Gasteiger partial charge in [-0.25, -0.2) is 17.4 Å². The molecule has 1 fully saturated rings. The van der Waals surface area contributed by atoms with Gasteiger partial charge in [0.1, 0.15) is 0 Å². The van der Waals surface area contributed by atoms with Crippen LogP contribution in [0.4, 0.5) is 0 Å². The maximum Gasteiger partial charge on any atom is 0.224 e. The zero-order valence-corrected chi connectivity index (χ0v) is 18.0. The van der Waals surface area contributed by atoms with Gasteiger partial charge in [-0.1, -0.05) is 23.2 Å². The van der Waals surface area contributed by atoms with Crippen molar-refractivity contribution in [1.29, 1.82) is 0 Å². The highest BCUT2D eigenvalue weighted by molar-refractivity contribution is 7.89. The average molecular weight is 445 g/mol. The first-order chi connectivity index (χ1) is 13.2. The third-order valence-corrected chi connectivity index (χ3v) is 7.30. The van der Waals surface area contributed by atoms with Gasteiger partial charge in [-0.05, 0) is 38.5 Å². The van der Waals surface area contributed by atoms with Crippen molar-refractivity contribution in [3.8, 4) is 5.69 Å². The quantitative estimate of drug-likeness (QED) is 0.741. The maximum absolute atomic E-state index is 12.3. The molecule has 2 aromatic rings. The molecule has 3 rings (SSSR count). The molecule has 7 nitrogen and oxygen atoms in total. The lowest BCUT2D eigenvalue weighted by atomic mass is 10.1. The van der Waals surface area contributed by atoms with Gasteiger partial charge in [0.25, 0.3) is 0 Å². The van der Waals surface area contributed by atoms with Crippen molar-refractivity contribution in [3.63, 3.8) is 0 Å². The van der Waals surface area contributed by atoms with Gasteiger partial charge in [0.15, 0.2) is 0 Å². The van der Waals surface area contributed by atoms with E-state index in [1.54, 1.807) is 22.9 Å². The van der Waals surface area contributed by atoms with Crippen LogP contribution in [-0.2, 0) is 21.2 Å². The SMILES string of the molecule is Cc1nn(-c2ccc(Cl)cc2Cl)c(C)c1CC(=O)NCCN1CCCS1(=O)=O. The van der Waals surface area contributed by atoms with E-state index in [1.807, 2.05) is 13.8 Å². The van der Waals surface area contributed by atoms with Crippen LogP contribution in [0.25, 0.3) is 5.69 Å². The standard InChI is InChI=1S/C18H22Cl2N4O3S/c1-12-15(11-18(25)21-6-8-23-7-3-9-28(23,26)27)13(2)24(22-12)17-5-4-14(19)10-16(17)20/h4-5,10H,3,6-9,11H2,1-2H3,(H,21,25). The molecule has 1 saturated heterocycles. The van der Waals surface area contributed by atoms with Crippen LogP contribution < -0.4 is 5.32 Å². The molecule has 1 aliphatic rings. The molecule has 0 atom stereocenters. The second-order valence-electron chi connectivity index (χ2n) is 6.75. The van der Waals surface area contributed by atoms with Crippen LogP contribution in [0, 0.1) is 13.8 Å². The summed E-state index contributed by atoms with van der Waals surface area (Å²) < 4.78 is 26.7. The van der Waals surface area contributed by atoms with Crippen molar-refractivity contribution in [2.24, 2.45) is 0 Å². The van der Waals surface area contributed by atoms with E-state index in [2.05, 4.69) is 10.4 Å². The molecule has 1 aromatic carbocycles. The summed E-state index contributed by atoms with van der Waals surface area (Å²) in [7, 11) is -3.15. The topological polar surface area (TPSA) is 84.3 Å². The minimum absolute atomic E-state index is 0.162. The Morgan fingerprint density at radius 1 is 1.29 bits per heavy atom. The summed E-state index contributed by atoms with van der Waals surface area (Å²) in [5.74, 6) is 0.00994. The molecule has 0 radical (unpaired) electrons. The number of amides is 1. The fourth-order valence-electron chi connectivity index (χ4n) is 3.30. The van der Waals surface area contributed by atoms with E-state index in [0.29, 0.717) is 35.2 Å². The van der Waals surface area contributed by atoms with Crippen LogP contribution in [0.2, 0.25) is 10.0 Å². The minimum Gasteiger partial charge on any atom is -0.354 e. The lowest BCUT2D eigenvalue weighted by molar-refractivity contribution is -0.120. The van der Waals surface area contributed by atoms with Gasteiger partial charge >= 0.3 is 0 Å². The number of nitrogens with one attached hydrogen (secondary N) is 1. The number of aryl methyl sites for hydroxylation is 1.